The molecule has 0 bridgehead atoms. The SMILES string of the molecule is COc1c(N2CCOCC2)ncc2c1COC[C@@H]2N1CCN(C2CC3(CCN(c4ccc(C(=O)NS(=O)(=O)c5ccc(NC[C@H]6CC[C@](C)(O)CC6)c([N+](=O)[O-])c5)c(N5c6cc7cc[nH]c7nc6O[C@H]6COCC[C@@H]65)c4)CC3)C2)[C@@H](c2ccccc2OC(C)C)C1. The average molecular weight is 1270 g/mol. The molecule has 9 heterocycles. The van der Waals surface area contributed by atoms with Crippen LogP contribution in [0, 0.1) is 21.4 Å². The molecular formula is C67H83N11O12S. The molecule has 0 radical (unpaired) electrons. The number of methoxy groups -OCH3 is 1. The minimum atomic E-state index is -4.66. The van der Waals surface area contributed by atoms with E-state index in [1.807, 2.05) is 37.4 Å². The summed E-state index contributed by atoms with van der Waals surface area (Å²) in [6, 6.07) is 21.8. The number of anilines is 5. The predicted octanol–water partition coefficient (Wildman–Crippen LogP) is 9.04. The van der Waals surface area contributed by atoms with E-state index in [9.17, 15) is 28.4 Å². The largest absolute Gasteiger partial charge is 0.492 e. The number of amides is 1. The molecule has 2 aliphatic carbocycles. The van der Waals surface area contributed by atoms with Gasteiger partial charge in [-0.15, -0.1) is 0 Å². The van der Waals surface area contributed by atoms with Gasteiger partial charge in [0.25, 0.3) is 21.6 Å². The van der Waals surface area contributed by atoms with Gasteiger partial charge < -0.3 is 58.5 Å². The van der Waals surface area contributed by atoms with Crippen molar-refractivity contribution in [3.8, 4) is 17.4 Å². The number of carbonyl (C=O) groups excluding carboxylic acids is 1. The molecule has 91 heavy (non-hydrogen) atoms. The Hall–Kier alpha value is -7.32. The first-order valence-electron chi connectivity index (χ1n) is 32.5. The number of aliphatic hydroxyl groups is 1. The van der Waals surface area contributed by atoms with Crippen LogP contribution in [0.25, 0.3) is 11.0 Å². The maximum absolute atomic E-state index is 14.9. The van der Waals surface area contributed by atoms with Crippen LogP contribution in [0.5, 0.6) is 17.4 Å². The van der Waals surface area contributed by atoms with E-state index in [-0.39, 0.29) is 53.4 Å². The number of nitro groups is 1. The summed E-state index contributed by atoms with van der Waals surface area (Å²) in [6.07, 6.45) is 10.8. The zero-order chi connectivity index (χ0) is 62.8. The van der Waals surface area contributed by atoms with Crippen LogP contribution in [-0.2, 0) is 30.8 Å². The standard InChI is InChI=1S/C67H83N11O12S/c1-42(2)89-59-8-6-5-7-48(59)57-38-75(58-40-88-39-51-50(58)37-70-63(61(51)85-4)74-26-29-86-30-27-74)24-25-76(57)46-34-67(35-46)19-22-73(23-20-67)45-9-11-49(54(32-45)77-53-16-28-87-41-60(53)90-65-56(77)31-44-15-21-68-62(44)71-65)64(79)72-91(83,84)47-10-12-52(55(33-47)78(81)82)69-36-43-13-17-66(3,80)18-14-43/h5-12,15,21,31-33,37,42-43,46,53,57-58,60,69,80H,13-14,16-20,22-30,34-36,38-41H2,1-4H3,(H,68,71)(H,72,79)/t43-,53-,57+,58-,60-,66-/m0/s1. The number of piperidine rings is 1. The first kappa shape index (κ1) is 61.2. The van der Waals surface area contributed by atoms with Crippen LogP contribution in [-0.4, -0.2) is 172 Å². The van der Waals surface area contributed by atoms with E-state index in [2.05, 4.69) is 83.8 Å². The van der Waals surface area contributed by atoms with Gasteiger partial charge in [-0.3, -0.25) is 24.7 Å². The third-order valence-electron chi connectivity index (χ3n) is 20.6. The minimum absolute atomic E-state index is 0.000479. The molecular weight excluding hydrogens is 1180 g/mol. The fourth-order valence-corrected chi connectivity index (χ4v) is 16.6. The summed E-state index contributed by atoms with van der Waals surface area (Å²) in [6.45, 7) is 15.1. The Balaban J connectivity index is 0.718. The highest BCUT2D eigenvalue weighted by molar-refractivity contribution is 7.90. The molecule has 484 valence electrons. The van der Waals surface area contributed by atoms with Crippen LogP contribution >= 0.6 is 0 Å². The number of aromatic nitrogens is 3. The van der Waals surface area contributed by atoms with Crippen molar-refractivity contribution in [1.82, 2.24) is 29.5 Å². The molecule has 14 rings (SSSR count). The third-order valence-corrected chi connectivity index (χ3v) is 22.0. The number of hydrogen-bond acceptors (Lipinski definition) is 20. The molecule has 3 aromatic carbocycles. The molecule has 6 aliphatic heterocycles. The van der Waals surface area contributed by atoms with Gasteiger partial charge in [0, 0.05) is 106 Å². The van der Waals surface area contributed by atoms with Gasteiger partial charge in [-0.05, 0) is 144 Å². The lowest BCUT2D eigenvalue weighted by atomic mass is 9.59. The van der Waals surface area contributed by atoms with E-state index < -0.39 is 43.1 Å². The van der Waals surface area contributed by atoms with E-state index in [0.29, 0.717) is 87.8 Å². The molecule has 4 saturated heterocycles. The summed E-state index contributed by atoms with van der Waals surface area (Å²) in [5, 5.41) is 27.0. The summed E-state index contributed by atoms with van der Waals surface area (Å²) in [5.74, 6) is 2.18. The molecule has 8 aliphatic rings. The average Bonchev–Trinajstić information content (AvgIpc) is 1.36. The first-order chi connectivity index (χ1) is 44.0. The van der Waals surface area contributed by atoms with Gasteiger partial charge in [-0.2, -0.15) is 4.98 Å². The van der Waals surface area contributed by atoms with Gasteiger partial charge in [-0.1, -0.05) is 18.2 Å². The molecule has 3 aromatic heterocycles. The van der Waals surface area contributed by atoms with Crippen LogP contribution in [0.3, 0.4) is 0 Å². The number of carbonyl (C=O) groups is 1. The summed E-state index contributed by atoms with van der Waals surface area (Å²) >= 11 is 0. The van der Waals surface area contributed by atoms with Crippen LogP contribution in [0.4, 0.5) is 34.3 Å². The molecule has 0 unspecified atom stereocenters. The number of fused-ring (bicyclic) bond motifs is 4. The lowest BCUT2D eigenvalue weighted by molar-refractivity contribution is -0.384. The number of morpholine rings is 1. The molecule has 2 saturated carbocycles. The van der Waals surface area contributed by atoms with E-state index in [0.717, 1.165) is 130 Å². The Morgan fingerprint density at radius 1 is 0.879 bits per heavy atom. The van der Waals surface area contributed by atoms with Crippen molar-refractivity contribution in [1.29, 1.82) is 0 Å². The van der Waals surface area contributed by atoms with Gasteiger partial charge in [0.05, 0.1) is 91.0 Å². The highest BCUT2D eigenvalue weighted by atomic mass is 32.2. The number of nitrogens with one attached hydrogen (secondary N) is 3. The van der Waals surface area contributed by atoms with E-state index >= 15 is 0 Å². The van der Waals surface area contributed by atoms with E-state index in [4.69, 9.17) is 38.4 Å². The highest BCUT2D eigenvalue weighted by Crippen LogP contribution is 2.55. The smallest absolute Gasteiger partial charge is 0.293 e. The van der Waals surface area contributed by atoms with Gasteiger partial charge in [0.2, 0.25) is 5.88 Å². The maximum Gasteiger partial charge on any atom is 0.293 e. The topological polar surface area (TPSA) is 252 Å². The van der Waals surface area contributed by atoms with Crippen molar-refractivity contribution in [2.45, 2.75) is 132 Å². The molecule has 23 nitrogen and oxygen atoms in total. The van der Waals surface area contributed by atoms with Crippen LogP contribution in [0.2, 0.25) is 0 Å². The maximum atomic E-state index is 14.9. The van der Waals surface area contributed by atoms with Gasteiger partial charge in [0.15, 0.2) is 11.6 Å². The van der Waals surface area contributed by atoms with E-state index in [1.54, 1.807) is 13.2 Å². The molecule has 6 aromatic rings. The fraction of sp³-hybridized carbons (Fsp3) is 0.537. The number of sulfonamides is 1. The van der Waals surface area contributed by atoms with Crippen LogP contribution in [0.15, 0.2) is 90.1 Å². The monoisotopic (exact) mass is 1270 g/mol. The molecule has 6 fully saturated rings. The van der Waals surface area contributed by atoms with Crippen molar-refractivity contribution >= 4 is 61.2 Å². The number of benzene rings is 3. The molecule has 4 N–H and O–H groups in total. The normalized spacial score (nSPS) is 25.5. The Kier molecular flexibility index (Phi) is 16.8. The molecule has 4 atom stereocenters. The van der Waals surface area contributed by atoms with Crippen molar-refractivity contribution in [3.05, 3.63) is 118 Å². The van der Waals surface area contributed by atoms with Crippen molar-refractivity contribution in [2.24, 2.45) is 11.3 Å². The van der Waals surface area contributed by atoms with Gasteiger partial charge in [0.1, 0.15) is 28.9 Å². The predicted molar refractivity (Wildman–Crippen MR) is 343 cm³/mol. The second-order valence-electron chi connectivity index (χ2n) is 26.8. The number of hydrogen-bond donors (Lipinski definition) is 4. The Bertz CT molecular complexity index is 3800. The summed E-state index contributed by atoms with van der Waals surface area (Å²) in [7, 11) is -2.93. The lowest BCUT2D eigenvalue weighted by Gasteiger charge is -2.58. The second kappa shape index (κ2) is 25.0. The van der Waals surface area contributed by atoms with Crippen LogP contribution in [0.1, 0.15) is 118 Å². The zero-order valence-corrected chi connectivity index (χ0v) is 53.1. The Morgan fingerprint density at radius 3 is 2.46 bits per heavy atom. The number of rotatable bonds is 16. The zero-order valence-electron chi connectivity index (χ0n) is 52.3. The summed E-state index contributed by atoms with van der Waals surface area (Å²) in [4.78, 5) is 51.6. The third kappa shape index (κ3) is 12.1. The number of piperazine rings is 1. The summed E-state index contributed by atoms with van der Waals surface area (Å²) in [5.41, 5.74) is 5.28. The molecule has 1 spiro atoms. The van der Waals surface area contributed by atoms with Crippen molar-refractivity contribution in [3.63, 3.8) is 0 Å². The van der Waals surface area contributed by atoms with Crippen molar-refractivity contribution in [2.75, 3.05) is 113 Å². The minimum Gasteiger partial charge on any atom is -0.492 e. The molecule has 24 heteroatoms. The van der Waals surface area contributed by atoms with Crippen molar-refractivity contribution < 1.29 is 51.7 Å². The van der Waals surface area contributed by atoms with Crippen LogP contribution < -0.4 is 38.9 Å². The Morgan fingerprint density at radius 2 is 1.68 bits per heavy atom. The number of aromatic amines is 1. The first-order valence-corrected chi connectivity index (χ1v) is 33.9. The van der Waals surface area contributed by atoms with E-state index in [1.165, 1.54) is 17.7 Å². The van der Waals surface area contributed by atoms with Gasteiger partial charge in [-0.25, -0.2) is 18.1 Å². The number of nitrogens with zero attached hydrogens (tertiary/aromatic N) is 8. The highest BCUT2D eigenvalue weighted by Gasteiger charge is 2.51. The lowest BCUT2D eigenvalue weighted by Crippen LogP contribution is -2.60. The number of ether oxygens (including phenoxy) is 6. The number of nitro benzene ring substituents is 1. The quantitative estimate of drug-likeness (QED) is 0.0521. The number of pyridine rings is 2. The Labute approximate surface area is 530 Å². The number of H-pyrrole nitrogens is 1. The summed E-state index contributed by atoms with van der Waals surface area (Å²) < 4.78 is 68.4. The number of para-hydroxylation sites is 1. The second-order valence-corrected chi connectivity index (χ2v) is 28.4. The van der Waals surface area contributed by atoms with Gasteiger partial charge >= 0.3 is 0 Å². The molecule has 1 amide bonds. The fourth-order valence-electron chi connectivity index (χ4n) is 15.6.